The minimum Gasteiger partial charge on any atom is -0.860 e. The molecule has 1 aliphatic carbocycles. The summed E-state index contributed by atoms with van der Waals surface area (Å²) >= 11 is 1.12. The lowest BCUT2D eigenvalue weighted by molar-refractivity contribution is -0.336. The van der Waals surface area contributed by atoms with Crippen LogP contribution >= 0.6 is 11.3 Å². The fourth-order valence-corrected chi connectivity index (χ4v) is 4.16. The molecular weight excluding hydrogens is 336 g/mol. The quantitative estimate of drug-likeness (QED) is 0.756. The molecule has 0 radical (unpaired) electrons. The number of hydrogen-bond acceptors (Lipinski definition) is 6. The zero-order valence-corrected chi connectivity index (χ0v) is 13.8. The summed E-state index contributed by atoms with van der Waals surface area (Å²) in [6.07, 6.45) is 6.28. The Kier molecular flexibility index (Phi) is 4.65. The fourth-order valence-electron chi connectivity index (χ4n) is 2.21. The third kappa shape index (κ3) is 3.72. The molecule has 0 unspecified atom stereocenters. The van der Waals surface area contributed by atoms with E-state index >= 15 is 0 Å². The summed E-state index contributed by atoms with van der Waals surface area (Å²) in [7, 11) is -3.69. The Morgan fingerprint density at radius 3 is 2.52 bits per heavy atom. The van der Waals surface area contributed by atoms with Gasteiger partial charge in [-0.05, 0) is 35.1 Å². The highest BCUT2D eigenvalue weighted by Gasteiger charge is 2.15. The van der Waals surface area contributed by atoms with Crippen molar-refractivity contribution in [2.24, 2.45) is 4.40 Å². The topological polar surface area (TPSA) is 82.0 Å². The monoisotopic (exact) mass is 351 g/mol. The molecule has 0 bridgehead atoms. The van der Waals surface area contributed by atoms with Gasteiger partial charge in [-0.1, -0.05) is 18.2 Å². The molecule has 8 heteroatoms. The highest BCUT2D eigenvalue weighted by Crippen LogP contribution is 2.20. The maximum Gasteiger partial charge on any atom is 0.292 e. The van der Waals surface area contributed by atoms with Crippen molar-refractivity contribution in [1.82, 2.24) is 4.90 Å². The normalized spacial score (nSPS) is 18.3. The smallest absolute Gasteiger partial charge is 0.292 e. The minimum absolute atomic E-state index is 0.0824. The fraction of sp³-hybridized carbons (Fsp3) is 0.267. The van der Waals surface area contributed by atoms with Crippen LogP contribution in [0, 0.1) is 0 Å². The second-order valence-corrected chi connectivity index (χ2v) is 7.73. The van der Waals surface area contributed by atoms with Crippen LogP contribution in [0.15, 0.2) is 61.9 Å². The average molecular weight is 351 g/mol. The van der Waals surface area contributed by atoms with E-state index in [1.807, 2.05) is 0 Å². The van der Waals surface area contributed by atoms with E-state index in [1.165, 1.54) is 6.07 Å². The van der Waals surface area contributed by atoms with Gasteiger partial charge < -0.3 is 14.7 Å². The van der Waals surface area contributed by atoms with Crippen molar-refractivity contribution in [3.05, 3.63) is 53.3 Å². The van der Waals surface area contributed by atoms with E-state index in [0.717, 1.165) is 11.3 Å². The standard InChI is InChI=1S/C15H16N2O4S2/c18-15(17-7-9-21-10-8-17)12-3-5-13(6-4-12)16-23(19,20)14-2-1-11-22-14/h1-6,11,18H,7-10H2/p-1. The highest BCUT2D eigenvalue weighted by atomic mass is 32.2. The van der Waals surface area contributed by atoms with Gasteiger partial charge in [0.1, 0.15) is 4.21 Å². The van der Waals surface area contributed by atoms with Gasteiger partial charge in [-0.15, -0.1) is 11.3 Å². The van der Waals surface area contributed by atoms with Crippen LogP contribution in [0.5, 0.6) is 0 Å². The molecule has 1 aromatic rings. The Bertz CT molecular complexity index is 765. The average Bonchev–Trinajstić information content (AvgIpc) is 3.11. The zero-order chi connectivity index (χ0) is 16.3. The molecule has 3 rings (SSSR count). The molecule has 0 saturated carbocycles. The summed E-state index contributed by atoms with van der Waals surface area (Å²) in [4.78, 5) is 1.72. The van der Waals surface area contributed by atoms with Gasteiger partial charge in [0.05, 0.1) is 18.9 Å². The Hall–Kier alpha value is -1.90. The number of ether oxygens (including phenoxy) is 1. The molecule has 2 aliphatic rings. The molecular formula is C15H15N2O4S2-. The first-order chi connectivity index (χ1) is 11.1. The predicted molar refractivity (Wildman–Crippen MR) is 86.6 cm³/mol. The first-order valence-electron chi connectivity index (χ1n) is 7.05. The van der Waals surface area contributed by atoms with Crippen LogP contribution in [0.1, 0.15) is 0 Å². The number of nitrogens with zero attached hydrogens (tertiary/aromatic N) is 2. The second-order valence-electron chi connectivity index (χ2n) is 4.95. The Labute approximate surface area is 138 Å². The predicted octanol–water partition coefficient (Wildman–Crippen LogP) is 0.908. The van der Waals surface area contributed by atoms with Gasteiger partial charge in [-0.2, -0.15) is 12.8 Å². The van der Waals surface area contributed by atoms with E-state index in [-0.39, 0.29) is 10.1 Å². The lowest BCUT2D eigenvalue weighted by atomic mass is 10.1. The van der Waals surface area contributed by atoms with E-state index in [1.54, 1.807) is 40.7 Å². The second kappa shape index (κ2) is 6.69. The van der Waals surface area contributed by atoms with E-state index in [2.05, 4.69) is 4.40 Å². The van der Waals surface area contributed by atoms with E-state index in [0.29, 0.717) is 37.6 Å². The van der Waals surface area contributed by atoms with Crippen molar-refractivity contribution in [3.63, 3.8) is 0 Å². The summed E-state index contributed by atoms with van der Waals surface area (Å²) in [6.45, 7) is 2.21. The van der Waals surface area contributed by atoms with E-state index in [4.69, 9.17) is 4.74 Å². The molecule has 2 heterocycles. The molecule has 1 saturated heterocycles. The van der Waals surface area contributed by atoms with Gasteiger partial charge in [0.2, 0.25) is 0 Å². The van der Waals surface area contributed by atoms with Crippen molar-refractivity contribution in [1.29, 1.82) is 0 Å². The molecule has 0 atom stereocenters. The summed E-state index contributed by atoms with van der Waals surface area (Å²) in [6, 6.07) is 3.18. The number of morpholine rings is 1. The van der Waals surface area contributed by atoms with Gasteiger partial charge in [0, 0.05) is 13.1 Å². The van der Waals surface area contributed by atoms with Gasteiger partial charge in [0.25, 0.3) is 10.0 Å². The van der Waals surface area contributed by atoms with Crippen LogP contribution in [-0.2, 0) is 14.8 Å². The van der Waals surface area contributed by atoms with Crippen molar-refractivity contribution >= 4 is 27.1 Å². The largest absolute Gasteiger partial charge is 0.860 e. The zero-order valence-electron chi connectivity index (χ0n) is 12.2. The molecule has 122 valence electrons. The summed E-state index contributed by atoms with van der Waals surface area (Å²) in [5.74, 6) is -0.0824. The summed E-state index contributed by atoms with van der Waals surface area (Å²) < 4.78 is 33.4. The van der Waals surface area contributed by atoms with Gasteiger partial charge in [-0.25, -0.2) is 0 Å². The van der Waals surface area contributed by atoms with E-state index in [9.17, 15) is 13.5 Å². The molecule has 0 amide bonds. The molecule has 0 N–H and O–H groups in total. The van der Waals surface area contributed by atoms with Crippen molar-refractivity contribution in [3.8, 4) is 0 Å². The molecule has 23 heavy (non-hydrogen) atoms. The van der Waals surface area contributed by atoms with Crippen molar-refractivity contribution in [2.45, 2.75) is 4.21 Å². The number of allylic oxidation sites excluding steroid dienone is 5. The van der Waals surface area contributed by atoms with Crippen LogP contribution in [0.2, 0.25) is 0 Å². The summed E-state index contributed by atoms with van der Waals surface area (Å²) in [5.41, 5.74) is 0.816. The van der Waals surface area contributed by atoms with Crippen LogP contribution < -0.4 is 5.11 Å². The number of thiophene rings is 1. The van der Waals surface area contributed by atoms with Crippen LogP contribution in [0.4, 0.5) is 0 Å². The Balaban J connectivity index is 1.78. The molecule has 1 fully saturated rings. The van der Waals surface area contributed by atoms with Crippen molar-refractivity contribution in [2.75, 3.05) is 26.3 Å². The van der Waals surface area contributed by atoms with Gasteiger partial charge in [-0.3, -0.25) is 0 Å². The van der Waals surface area contributed by atoms with Crippen LogP contribution in [0.3, 0.4) is 0 Å². The van der Waals surface area contributed by atoms with E-state index < -0.39 is 10.0 Å². The molecule has 1 aliphatic heterocycles. The molecule has 1 aromatic heterocycles. The molecule has 0 spiro atoms. The minimum atomic E-state index is -3.69. The number of sulfonamides is 1. The lowest BCUT2D eigenvalue weighted by Crippen LogP contribution is -2.40. The third-order valence-corrected chi connectivity index (χ3v) is 6.07. The first kappa shape index (κ1) is 16.0. The number of rotatable bonds is 3. The Morgan fingerprint density at radius 1 is 1.22 bits per heavy atom. The number of hydrogen-bond donors (Lipinski definition) is 0. The van der Waals surface area contributed by atoms with Crippen LogP contribution in [0.25, 0.3) is 0 Å². The Morgan fingerprint density at radius 2 is 1.91 bits per heavy atom. The van der Waals surface area contributed by atoms with Crippen molar-refractivity contribution < 1.29 is 18.3 Å². The maximum absolute atomic E-state index is 12.3. The van der Waals surface area contributed by atoms with Gasteiger partial charge >= 0.3 is 0 Å². The maximum atomic E-state index is 12.3. The molecule has 6 nitrogen and oxygen atoms in total. The lowest BCUT2D eigenvalue weighted by Gasteiger charge is -2.35. The summed E-state index contributed by atoms with van der Waals surface area (Å²) in [5, 5.41) is 14.0. The highest BCUT2D eigenvalue weighted by molar-refractivity contribution is 7.92. The van der Waals surface area contributed by atoms with Gasteiger partial charge in [0.15, 0.2) is 0 Å². The third-order valence-electron chi connectivity index (χ3n) is 3.39. The molecule has 0 aromatic carbocycles. The first-order valence-corrected chi connectivity index (χ1v) is 9.37. The SMILES string of the molecule is O=S(=O)(N=C1C=CC(=C([O-])N2CCOCC2)C=C1)c1cccs1. The van der Waals surface area contributed by atoms with Crippen LogP contribution in [-0.4, -0.2) is 45.3 Å².